The minimum atomic E-state index is -0.449. The highest BCUT2D eigenvalue weighted by atomic mass is 16.6. The monoisotopic (exact) mass is 368 g/mol. The number of fused-ring (bicyclic) bond motifs is 1. The van der Waals surface area contributed by atoms with E-state index < -0.39 is 5.60 Å². The SMILES string of the molecule is CC(C)(C)OC(=O)N(C1CC1)C1CCN(c2cccc3nnccc23)CC1. The molecule has 2 aliphatic rings. The number of carbonyl (C=O) groups is 1. The molecule has 2 aromatic rings. The summed E-state index contributed by atoms with van der Waals surface area (Å²) < 4.78 is 5.68. The second-order valence-corrected chi connectivity index (χ2v) is 8.58. The first-order chi connectivity index (χ1) is 12.9. The van der Waals surface area contributed by atoms with Crippen molar-refractivity contribution in [3.05, 3.63) is 30.5 Å². The van der Waals surface area contributed by atoms with Crippen molar-refractivity contribution in [3.63, 3.8) is 0 Å². The smallest absolute Gasteiger partial charge is 0.410 e. The van der Waals surface area contributed by atoms with Crippen molar-refractivity contribution >= 4 is 22.7 Å². The fourth-order valence-electron chi connectivity index (χ4n) is 3.93. The van der Waals surface area contributed by atoms with E-state index in [9.17, 15) is 4.79 Å². The van der Waals surface area contributed by atoms with E-state index in [-0.39, 0.29) is 12.1 Å². The first-order valence-electron chi connectivity index (χ1n) is 9.89. The Balaban J connectivity index is 1.47. The first-order valence-corrected chi connectivity index (χ1v) is 9.89. The summed E-state index contributed by atoms with van der Waals surface area (Å²) in [5.74, 6) is 0. The summed E-state index contributed by atoms with van der Waals surface area (Å²) >= 11 is 0. The van der Waals surface area contributed by atoms with Gasteiger partial charge in [0, 0.05) is 36.2 Å². The van der Waals surface area contributed by atoms with E-state index in [2.05, 4.69) is 21.2 Å². The zero-order valence-corrected chi connectivity index (χ0v) is 16.4. The van der Waals surface area contributed by atoms with Crippen molar-refractivity contribution in [2.75, 3.05) is 18.0 Å². The standard InChI is InChI=1S/C21H28N4O2/c1-21(2,3)27-20(26)25(15-7-8-15)16-10-13-24(14-11-16)19-6-4-5-18-17(19)9-12-22-23-18/h4-6,9,12,15-16H,7-8,10-11,13-14H2,1-3H3. The zero-order valence-electron chi connectivity index (χ0n) is 16.4. The number of nitrogens with zero attached hydrogens (tertiary/aromatic N) is 4. The van der Waals surface area contributed by atoms with Gasteiger partial charge < -0.3 is 14.5 Å². The number of carbonyl (C=O) groups excluding carboxylic acids is 1. The molecule has 1 amide bonds. The maximum absolute atomic E-state index is 12.7. The van der Waals surface area contributed by atoms with Crippen LogP contribution in [0.3, 0.4) is 0 Å². The van der Waals surface area contributed by atoms with Crippen LogP contribution in [0.25, 0.3) is 10.9 Å². The van der Waals surface area contributed by atoms with Crippen molar-refractivity contribution in [2.45, 2.75) is 64.1 Å². The molecular formula is C21H28N4O2. The zero-order chi connectivity index (χ0) is 19.0. The second-order valence-electron chi connectivity index (χ2n) is 8.58. The molecular weight excluding hydrogens is 340 g/mol. The maximum Gasteiger partial charge on any atom is 0.410 e. The summed E-state index contributed by atoms with van der Waals surface area (Å²) in [6.07, 6.45) is 5.72. The van der Waals surface area contributed by atoms with Gasteiger partial charge in [-0.25, -0.2) is 4.79 Å². The Labute approximate surface area is 160 Å². The fraction of sp³-hybridized carbons (Fsp3) is 0.571. The molecule has 1 aliphatic carbocycles. The number of hydrogen-bond acceptors (Lipinski definition) is 5. The molecule has 1 saturated heterocycles. The van der Waals surface area contributed by atoms with Crippen LogP contribution in [-0.4, -0.2) is 52.0 Å². The van der Waals surface area contributed by atoms with E-state index in [0.717, 1.165) is 49.7 Å². The second kappa shape index (κ2) is 6.98. The molecule has 6 nitrogen and oxygen atoms in total. The Hall–Kier alpha value is -2.37. The highest BCUT2D eigenvalue weighted by molar-refractivity contribution is 5.91. The predicted molar refractivity (Wildman–Crippen MR) is 106 cm³/mol. The number of anilines is 1. The summed E-state index contributed by atoms with van der Waals surface area (Å²) in [5, 5.41) is 9.34. The third-order valence-electron chi connectivity index (χ3n) is 5.28. The normalized spacial score (nSPS) is 18.6. The Morgan fingerprint density at radius 1 is 1.11 bits per heavy atom. The Morgan fingerprint density at radius 3 is 2.48 bits per heavy atom. The lowest BCUT2D eigenvalue weighted by Crippen LogP contribution is -2.50. The lowest BCUT2D eigenvalue weighted by molar-refractivity contribution is 0.0114. The average molecular weight is 368 g/mol. The van der Waals surface area contributed by atoms with E-state index in [0.29, 0.717) is 6.04 Å². The average Bonchev–Trinajstić information content (AvgIpc) is 3.45. The molecule has 27 heavy (non-hydrogen) atoms. The Kier molecular flexibility index (Phi) is 4.66. The highest BCUT2D eigenvalue weighted by Crippen LogP contribution is 2.35. The molecule has 2 heterocycles. The summed E-state index contributed by atoms with van der Waals surface area (Å²) in [6.45, 7) is 7.65. The van der Waals surface area contributed by atoms with Gasteiger partial charge in [-0.2, -0.15) is 10.2 Å². The van der Waals surface area contributed by atoms with Gasteiger partial charge >= 0.3 is 6.09 Å². The molecule has 6 heteroatoms. The van der Waals surface area contributed by atoms with Gasteiger partial charge in [-0.15, -0.1) is 0 Å². The Bertz CT molecular complexity index is 815. The molecule has 2 fully saturated rings. The summed E-state index contributed by atoms with van der Waals surface area (Å²) in [5.41, 5.74) is 1.68. The van der Waals surface area contributed by atoms with Crippen LogP contribution >= 0.6 is 0 Å². The fourth-order valence-corrected chi connectivity index (χ4v) is 3.93. The van der Waals surface area contributed by atoms with Crippen LogP contribution in [-0.2, 0) is 4.74 Å². The van der Waals surface area contributed by atoms with E-state index in [1.165, 1.54) is 5.69 Å². The van der Waals surface area contributed by atoms with E-state index >= 15 is 0 Å². The maximum atomic E-state index is 12.7. The summed E-state index contributed by atoms with van der Waals surface area (Å²) in [4.78, 5) is 17.2. The van der Waals surface area contributed by atoms with Crippen LogP contribution in [0.4, 0.5) is 10.5 Å². The van der Waals surface area contributed by atoms with Crippen molar-refractivity contribution in [1.82, 2.24) is 15.1 Å². The number of aromatic nitrogens is 2. The highest BCUT2D eigenvalue weighted by Gasteiger charge is 2.40. The van der Waals surface area contributed by atoms with Gasteiger partial charge in [0.25, 0.3) is 0 Å². The summed E-state index contributed by atoms with van der Waals surface area (Å²) in [6, 6.07) is 8.84. The van der Waals surface area contributed by atoms with Gasteiger partial charge in [0.1, 0.15) is 5.60 Å². The minimum Gasteiger partial charge on any atom is -0.444 e. The molecule has 0 N–H and O–H groups in total. The molecule has 0 bridgehead atoms. The van der Waals surface area contributed by atoms with Crippen LogP contribution in [0.2, 0.25) is 0 Å². The lowest BCUT2D eigenvalue weighted by atomic mass is 10.0. The number of piperidine rings is 1. The molecule has 4 rings (SSSR count). The van der Waals surface area contributed by atoms with Crippen LogP contribution in [0, 0.1) is 0 Å². The number of amides is 1. The number of rotatable bonds is 3. The molecule has 0 spiro atoms. The van der Waals surface area contributed by atoms with Gasteiger partial charge in [0.05, 0.1) is 11.7 Å². The largest absolute Gasteiger partial charge is 0.444 e. The molecule has 1 aromatic heterocycles. The predicted octanol–water partition coefficient (Wildman–Crippen LogP) is 4.00. The van der Waals surface area contributed by atoms with Crippen molar-refractivity contribution in [3.8, 4) is 0 Å². The number of hydrogen-bond donors (Lipinski definition) is 0. The summed E-state index contributed by atoms with van der Waals surface area (Å²) in [7, 11) is 0. The van der Waals surface area contributed by atoms with Gasteiger partial charge in [0.15, 0.2) is 0 Å². The molecule has 0 atom stereocenters. The van der Waals surface area contributed by atoms with Crippen molar-refractivity contribution < 1.29 is 9.53 Å². The topological polar surface area (TPSA) is 58.6 Å². The van der Waals surface area contributed by atoms with Gasteiger partial charge in [-0.3, -0.25) is 0 Å². The minimum absolute atomic E-state index is 0.149. The number of ether oxygens (including phenoxy) is 1. The van der Waals surface area contributed by atoms with E-state index in [1.807, 2.05) is 43.9 Å². The van der Waals surface area contributed by atoms with Crippen LogP contribution < -0.4 is 4.90 Å². The molecule has 144 valence electrons. The van der Waals surface area contributed by atoms with Crippen LogP contribution in [0.15, 0.2) is 30.5 Å². The quantitative estimate of drug-likeness (QED) is 0.820. The third kappa shape index (κ3) is 3.99. The molecule has 1 aromatic carbocycles. The van der Waals surface area contributed by atoms with E-state index in [4.69, 9.17) is 4.74 Å². The van der Waals surface area contributed by atoms with Crippen LogP contribution in [0.1, 0.15) is 46.5 Å². The molecule has 0 unspecified atom stereocenters. The Morgan fingerprint density at radius 2 is 1.81 bits per heavy atom. The van der Waals surface area contributed by atoms with Crippen LogP contribution in [0.5, 0.6) is 0 Å². The lowest BCUT2D eigenvalue weighted by Gasteiger charge is -2.40. The van der Waals surface area contributed by atoms with Gasteiger partial charge in [0.2, 0.25) is 0 Å². The van der Waals surface area contributed by atoms with Crippen molar-refractivity contribution in [2.24, 2.45) is 0 Å². The molecule has 0 radical (unpaired) electrons. The van der Waals surface area contributed by atoms with Crippen molar-refractivity contribution in [1.29, 1.82) is 0 Å². The first kappa shape index (κ1) is 18.0. The molecule has 1 saturated carbocycles. The third-order valence-corrected chi connectivity index (χ3v) is 5.28. The van der Waals surface area contributed by atoms with Gasteiger partial charge in [-0.05, 0) is 64.7 Å². The van der Waals surface area contributed by atoms with Gasteiger partial charge in [-0.1, -0.05) is 6.07 Å². The van der Waals surface area contributed by atoms with E-state index in [1.54, 1.807) is 6.20 Å². The molecule has 1 aliphatic heterocycles. The number of benzene rings is 1.